The molecule has 0 saturated carbocycles. The van der Waals surface area contributed by atoms with E-state index in [0.29, 0.717) is 41.2 Å². The second-order valence-electron chi connectivity index (χ2n) is 8.11. The van der Waals surface area contributed by atoms with Gasteiger partial charge in [0.25, 0.3) is 11.8 Å². The molecule has 3 heterocycles. The van der Waals surface area contributed by atoms with Crippen LogP contribution in [-0.4, -0.2) is 29.9 Å². The lowest BCUT2D eigenvalue weighted by Crippen LogP contribution is -2.35. The fraction of sp³-hybridized carbons (Fsp3) is 0.192. The standard InChI is InChI=1S/C26H22N2O5S/c1-16-20(26(31)28-11-9-23-18(14-28)10-12-34-23)3-2-4-21(16)27-24(29)15-32-19-7-5-17-6-8-25(30)33-22(17)13-19/h2-8,10,12-13H,9,11,14-15H2,1H3,(H,27,29). The quantitative estimate of drug-likeness (QED) is 0.434. The van der Waals surface area contributed by atoms with Crippen molar-refractivity contribution in [2.45, 2.75) is 19.9 Å². The summed E-state index contributed by atoms with van der Waals surface area (Å²) >= 11 is 1.73. The van der Waals surface area contributed by atoms with E-state index >= 15 is 0 Å². The molecule has 34 heavy (non-hydrogen) atoms. The lowest BCUT2D eigenvalue weighted by molar-refractivity contribution is -0.118. The first-order chi connectivity index (χ1) is 16.5. The molecule has 2 aromatic carbocycles. The Bertz CT molecular complexity index is 1460. The van der Waals surface area contributed by atoms with E-state index in [4.69, 9.17) is 9.15 Å². The predicted octanol–water partition coefficient (Wildman–Crippen LogP) is 4.38. The van der Waals surface area contributed by atoms with Gasteiger partial charge in [0.2, 0.25) is 0 Å². The zero-order chi connectivity index (χ0) is 23.7. The topological polar surface area (TPSA) is 88.8 Å². The summed E-state index contributed by atoms with van der Waals surface area (Å²) in [4.78, 5) is 40.3. The molecule has 2 aromatic heterocycles. The molecule has 7 nitrogen and oxygen atoms in total. The van der Waals surface area contributed by atoms with Gasteiger partial charge in [0.15, 0.2) is 6.61 Å². The molecule has 1 aliphatic rings. The van der Waals surface area contributed by atoms with E-state index in [9.17, 15) is 14.4 Å². The van der Waals surface area contributed by atoms with Crippen molar-refractivity contribution >= 4 is 39.8 Å². The van der Waals surface area contributed by atoms with Gasteiger partial charge in [-0.15, -0.1) is 11.3 Å². The first-order valence-electron chi connectivity index (χ1n) is 10.9. The summed E-state index contributed by atoms with van der Waals surface area (Å²) in [6, 6.07) is 15.4. The van der Waals surface area contributed by atoms with E-state index in [-0.39, 0.29) is 18.4 Å². The van der Waals surface area contributed by atoms with Crippen LogP contribution in [0.25, 0.3) is 11.0 Å². The molecule has 1 N–H and O–H groups in total. The van der Waals surface area contributed by atoms with Crippen molar-refractivity contribution in [1.29, 1.82) is 0 Å². The Balaban J connectivity index is 1.25. The maximum atomic E-state index is 13.2. The lowest BCUT2D eigenvalue weighted by Gasteiger charge is -2.28. The number of carbonyl (C=O) groups excluding carboxylic acids is 2. The molecule has 5 rings (SSSR count). The Morgan fingerprint density at radius 3 is 2.88 bits per heavy atom. The minimum atomic E-state index is -0.451. The van der Waals surface area contributed by atoms with Crippen LogP contribution in [-0.2, 0) is 17.8 Å². The molecular formula is C26H22N2O5S. The van der Waals surface area contributed by atoms with Crippen molar-refractivity contribution in [3.63, 3.8) is 0 Å². The summed E-state index contributed by atoms with van der Waals surface area (Å²) in [7, 11) is 0. The van der Waals surface area contributed by atoms with Gasteiger partial charge in [-0.05, 0) is 66.2 Å². The summed E-state index contributed by atoms with van der Waals surface area (Å²) in [5, 5.41) is 5.66. The van der Waals surface area contributed by atoms with E-state index in [2.05, 4.69) is 16.8 Å². The number of hydrogen-bond donors (Lipinski definition) is 1. The van der Waals surface area contributed by atoms with Gasteiger partial charge in [0.1, 0.15) is 11.3 Å². The largest absolute Gasteiger partial charge is 0.484 e. The van der Waals surface area contributed by atoms with Crippen molar-refractivity contribution in [3.05, 3.63) is 92.0 Å². The van der Waals surface area contributed by atoms with Crippen LogP contribution in [0.3, 0.4) is 0 Å². The van der Waals surface area contributed by atoms with E-state index in [1.807, 2.05) is 11.8 Å². The fourth-order valence-corrected chi connectivity index (χ4v) is 4.95. The molecule has 0 unspecified atom stereocenters. The second kappa shape index (κ2) is 9.15. The zero-order valence-electron chi connectivity index (χ0n) is 18.5. The average Bonchev–Trinajstić information content (AvgIpc) is 3.31. The highest BCUT2D eigenvalue weighted by atomic mass is 32.1. The molecule has 0 saturated heterocycles. The number of amides is 2. The summed E-state index contributed by atoms with van der Waals surface area (Å²) in [6.45, 7) is 2.89. The Morgan fingerprint density at radius 2 is 2.00 bits per heavy atom. The molecule has 8 heteroatoms. The molecular weight excluding hydrogens is 452 g/mol. The van der Waals surface area contributed by atoms with E-state index in [0.717, 1.165) is 11.8 Å². The van der Waals surface area contributed by atoms with Gasteiger partial charge < -0.3 is 19.4 Å². The van der Waals surface area contributed by atoms with E-state index in [1.165, 1.54) is 16.5 Å². The Labute approximate surface area is 199 Å². The van der Waals surface area contributed by atoms with E-state index in [1.54, 1.807) is 53.8 Å². The van der Waals surface area contributed by atoms with Gasteiger partial charge in [0, 0.05) is 46.7 Å². The van der Waals surface area contributed by atoms with E-state index < -0.39 is 5.63 Å². The van der Waals surface area contributed by atoms with Crippen molar-refractivity contribution in [2.75, 3.05) is 18.5 Å². The number of nitrogens with zero attached hydrogens (tertiary/aromatic N) is 1. The molecule has 4 aromatic rings. The van der Waals surface area contributed by atoms with Crippen molar-refractivity contribution in [1.82, 2.24) is 4.90 Å². The lowest BCUT2D eigenvalue weighted by atomic mass is 10.0. The summed E-state index contributed by atoms with van der Waals surface area (Å²) in [6.07, 6.45) is 0.865. The van der Waals surface area contributed by atoms with Crippen molar-refractivity contribution in [3.8, 4) is 5.75 Å². The van der Waals surface area contributed by atoms with Crippen LogP contribution in [0, 0.1) is 6.92 Å². The first-order valence-corrected chi connectivity index (χ1v) is 11.8. The highest BCUT2D eigenvalue weighted by molar-refractivity contribution is 7.10. The monoisotopic (exact) mass is 474 g/mol. The predicted molar refractivity (Wildman–Crippen MR) is 131 cm³/mol. The number of anilines is 1. The number of fused-ring (bicyclic) bond motifs is 2. The van der Waals surface area contributed by atoms with Crippen LogP contribution in [0.4, 0.5) is 5.69 Å². The maximum Gasteiger partial charge on any atom is 0.336 e. The Kier molecular flexibility index (Phi) is 5.90. The number of benzene rings is 2. The van der Waals surface area contributed by atoms with Gasteiger partial charge in [-0.1, -0.05) is 6.07 Å². The second-order valence-corrected chi connectivity index (χ2v) is 9.12. The SMILES string of the molecule is Cc1c(NC(=O)COc2ccc3ccc(=O)oc3c2)cccc1C(=O)N1CCc2sccc2C1. The van der Waals surface area contributed by atoms with Gasteiger partial charge in [0.05, 0.1) is 0 Å². The number of thiophene rings is 1. The van der Waals surface area contributed by atoms with Crippen LogP contribution < -0.4 is 15.7 Å². The number of hydrogen-bond acceptors (Lipinski definition) is 6. The normalized spacial score (nSPS) is 12.9. The summed E-state index contributed by atoms with van der Waals surface area (Å²) in [5.41, 5.74) is 2.99. The Hall–Kier alpha value is -3.91. The molecule has 0 fully saturated rings. The molecule has 1 aliphatic heterocycles. The third kappa shape index (κ3) is 4.45. The zero-order valence-corrected chi connectivity index (χ0v) is 19.3. The molecule has 0 atom stereocenters. The molecule has 0 radical (unpaired) electrons. The van der Waals surface area contributed by atoms with Crippen molar-refractivity contribution < 1.29 is 18.7 Å². The smallest absolute Gasteiger partial charge is 0.336 e. The maximum absolute atomic E-state index is 13.2. The molecule has 0 bridgehead atoms. The first kappa shape index (κ1) is 21.9. The number of rotatable bonds is 5. The van der Waals surface area contributed by atoms with Crippen LogP contribution >= 0.6 is 11.3 Å². The minimum Gasteiger partial charge on any atom is -0.484 e. The van der Waals surface area contributed by atoms with Gasteiger partial charge >= 0.3 is 5.63 Å². The molecule has 2 amide bonds. The highest BCUT2D eigenvalue weighted by Crippen LogP contribution is 2.27. The molecule has 0 spiro atoms. The van der Waals surface area contributed by atoms with Crippen LogP contribution in [0.1, 0.15) is 26.4 Å². The van der Waals surface area contributed by atoms with Crippen LogP contribution in [0.5, 0.6) is 5.75 Å². The molecule has 0 aliphatic carbocycles. The number of nitrogens with one attached hydrogen (secondary N) is 1. The summed E-state index contributed by atoms with van der Waals surface area (Å²) < 4.78 is 10.7. The van der Waals surface area contributed by atoms with Gasteiger partial charge in [-0.3, -0.25) is 9.59 Å². The van der Waals surface area contributed by atoms with Crippen LogP contribution in [0.2, 0.25) is 0 Å². The molecule has 172 valence electrons. The highest BCUT2D eigenvalue weighted by Gasteiger charge is 2.24. The number of carbonyl (C=O) groups is 2. The summed E-state index contributed by atoms with van der Waals surface area (Å²) in [5.74, 6) is 0.0121. The van der Waals surface area contributed by atoms with Gasteiger partial charge in [-0.25, -0.2) is 4.79 Å². The fourth-order valence-electron chi connectivity index (χ4n) is 4.06. The van der Waals surface area contributed by atoms with Crippen LogP contribution in [0.15, 0.2) is 69.2 Å². The third-order valence-corrected chi connectivity index (χ3v) is 6.92. The van der Waals surface area contributed by atoms with Crippen molar-refractivity contribution in [2.24, 2.45) is 0 Å². The van der Waals surface area contributed by atoms with Gasteiger partial charge in [-0.2, -0.15) is 0 Å². The number of ether oxygens (including phenoxy) is 1. The Morgan fingerprint density at radius 1 is 1.15 bits per heavy atom. The third-order valence-electron chi connectivity index (χ3n) is 5.90. The average molecular weight is 475 g/mol. The minimum absolute atomic E-state index is 0.0423.